The van der Waals surface area contributed by atoms with Gasteiger partial charge >= 0.3 is 13.5 Å². The number of nitrogens with one attached hydrogen (secondary N) is 3. The first-order valence-electron chi connectivity index (χ1n) is 16.2. The highest BCUT2D eigenvalue weighted by atomic mass is 32.1. The molecule has 1 aliphatic heterocycles. The number of nitrogens with zero attached hydrogens (tertiary/aromatic N) is 1. The van der Waals surface area contributed by atoms with Crippen molar-refractivity contribution in [2.45, 2.75) is 63.9 Å². The third kappa shape index (κ3) is 18.5. The van der Waals surface area contributed by atoms with Gasteiger partial charge in [-0.05, 0) is 79.3 Å². The van der Waals surface area contributed by atoms with Gasteiger partial charge < -0.3 is 19.7 Å². The smallest absolute Gasteiger partial charge is 0.382 e. The van der Waals surface area contributed by atoms with Crippen LogP contribution in [0.25, 0.3) is 0 Å². The Morgan fingerprint density at radius 2 is 1.41 bits per heavy atom. The summed E-state index contributed by atoms with van der Waals surface area (Å²) in [6.45, 7) is 2.37. The van der Waals surface area contributed by atoms with Gasteiger partial charge in [0.05, 0.1) is 6.61 Å². The van der Waals surface area contributed by atoms with Gasteiger partial charge in [0, 0.05) is 104 Å². The minimum atomic E-state index is -4.39. The predicted molar refractivity (Wildman–Crippen MR) is 207 cm³/mol. The summed E-state index contributed by atoms with van der Waals surface area (Å²) in [5.41, 5.74) is -1.22. The number of phosphoric ester groups is 1. The summed E-state index contributed by atoms with van der Waals surface area (Å²) in [6.07, 6.45) is 3.53. The molecule has 0 radical (unpaired) electrons. The lowest BCUT2D eigenvalue weighted by Crippen LogP contribution is -2.35. The molecule has 0 amide bonds. The molecule has 1 saturated heterocycles. The second-order valence-electron chi connectivity index (χ2n) is 10.5. The molecule has 1 aromatic rings. The topological polar surface area (TPSA) is 153 Å². The molecule has 0 bridgehead atoms. The van der Waals surface area contributed by atoms with Gasteiger partial charge in [0.15, 0.2) is 5.11 Å². The zero-order valence-corrected chi connectivity index (χ0v) is 31.4. The number of hydrogen-bond acceptors (Lipinski definition) is 8. The van der Waals surface area contributed by atoms with E-state index >= 15 is 0 Å². The van der Waals surface area contributed by atoms with Crippen molar-refractivity contribution in [1.82, 2.24) is 20.2 Å². The van der Waals surface area contributed by atoms with Crippen LogP contribution in [-0.2, 0) is 23.1 Å². The highest BCUT2D eigenvalue weighted by Gasteiger charge is 2.49. The van der Waals surface area contributed by atoms with E-state index in [1.54, 1.807) is 6.92 Å². The molecule has 2 heterocycles. The van der Waals surface area contributed by atoms with E-state index in [0.29, 0.717) is 18.1 Å². The number of aromatic amines is 1. The molecule has 0 aromatic carbocycles. The van der Waals surface area contributed by atoms with Gasteiger partial charge in [0.2, 0.25) is 0 Å². The van der Waals surface area contributed by atoms with Gasteiger partial charge in [-0.15, -0.1) is 0 Å². The first-order chi connectivity index (χ1) is 26.2. The summed E-state index contributed by atoms with van der Waals surface area (Å²) < 4.78 is 35.1. The van der Waals surface area contributed by atoms with Crippen LogP contribution in [0.1, 0.15) is 51.7 Å². The fourth-order valence-corrected chi connectivity index (χ4v) is 5.45. The number of methoxy groups -OCH3 is 1. The summed E-state index contributed by atoms with van der Waals surface area (Å²) in [4.78, 5) is 36.5. The second kappa shape index (κ2) is 26.7. The first-order valence-corrected chi connectivity index (χ1v) is 18.1. The molecule has 54 heavy (non-hydrogen) atoms. The van der Waals surface area contributed by atoms with Crippen LogP contribution < -0.4 is 21.9 Å². The lowest BCUT2D eigenvalue weighted by molar-refractivity contribution is -0.0564. The Morgan fingerprint density at radius 1 is 0.870 bits per heavy atom. The normalized spacial score (nSPS) is 16.6. The van der Waals surface area contributed by atoms with Crippen molar-refractivity contribution >= 4 is 25.2 Å². The number of hydrogen-bond donors (Lipinski definition) is 4. The minimum absolute atomic E-state index is 0.0462. The number of phosphoric acid groups is 1. The number of rotatable bonds is 14. The third-order valence-corrected chi connectivity index (χ3v) is 8.05. The standard InChI is InChI=1S/C40H35N4O8PS/c1-4-5-6-7-8-9-10-11-12-13-14-15-16-17-18-19-20-23-26-30-41-39(54)42-31-27-24-21-22-25-28-34-37(52-53(47,48)50-3)35(33-49-2)51-38(34)44-32-29-36(45)43-40(44)46/h29,32,34-35,37-38H,21-22,24-25,27-28,31,33H2,1-3H3,(H,47,48)(H2,41,42,54)(H,43,45,46)/t34-,35+,37?,38+/m0/s1. The Morgan fingerprint density at radius 3 is 1.94 bits per heavy atom. The SMILES string of the molecule is CC#CC#CC#CC#CC#CC#CC#CC#CC#CC#CNC(=S)NCCCCCCC[C@H]1C(OP(=O)(O)OC)[C@@H](COC)O[C@H]1n1ccc(=O)[nH]c1=O. The molecule has 1 aliphatic rings. The van der Waals surface area contributed by atoms with Crippen molar-refractivity contribution < 1.29 is 28.0 Å². The lowest BCUT2D eigenvalue weighted by Gasteiger charge is -2.25. The molecular formula is C40H35N4O8PS. The maximum absolute atomic E-state index is 12.6. The minimum Gasteiger partial charge on any atom is -0.382 e. The van der Waals surface area contributed by atoms with Crippen LogP contribution in [0.2, 0.25) is 0 Å². The molecule has 274 valence electrons. The van der Waals surface area contributed by atoms with Gasteiger partial charge in [-0.3, -0.25) is 28.7 Å². The second-order valence-corrected chi connectivity index (χ2v) is 12.4. The van der Waals surface area contributed by atoms with Crippen molar-refractivity contribution in [3.05, 3.63) is 33.1 Å². The third-order valence-electron chi connectivity index (χ3n) is 6.84. The van der Waals surface area contributed by atoms with Gasteiger partial charge in [-0.2, -0.15) is 0 Å². The molecule has 1 aromatic heterocycles. The van der Waals surface area contributed by atoms with E-state index in [-0.39, 0.29) is 6.61 Å². The molecule has 5 atom stereocenters. The molecule has 1 fully saturated rings. The summed E-state index contributed by atoms with van der Waals surface area (Å²) in [5, 5.41) is 6.19. The van der Waals surface area contributed by atoms with Crippen molar-refractivity contribution in [3.63, 3.8) is 0 Å². The Balaban J connectivity index is 1.73. The highest BCUT2D eigenvalue weighted by Crippen LogP contribution is 2.50. The van der Waals surface area contributed by atoms with E-state index in [2.05, 4.69) is 139 Å². The van der Waals surface area contributed by atoms with E-state index in [9.17, 15) is 19.0 Å². The average molecular weight is 763 g/mol. The van der Waals surface area contributed by atoms with Crippen molar-refractivity contribution in [2.24, 2.45) is 5.92 Å². The van der Waals surface area contributed by atoms with E-state index in [0.717, 1.165) is 39.2 Å². The van der Waals surface area contributed by atoms with Crippen molar-refractivity contribution in [2.75, 3.05) is 27.4 Å². The van der Waals surface area contributed by atoms with E-state index in [1.165, 1.54) is 23.9 Å². The van der Waals surface area contributed by atoms with Crippen LogP contribution >= 0.6 is 20.0 Å². The molecular weight excluding hydrogens is 728 g/mol. The highest BCUT2D eigenvalue weighted by molar-refractivity contribution is 7.80. The van der Waals surface area contributed by atoms with Crippen LogP contribution in [0, 0.1) is 124 Å². The Bertz CT molecular complexity index is 2310. The van der Waals surface area contributed by atoms with Gasteiger partial charge in [0.25, 0.3) is 5.56 Å². The van der Waals surface area contributed by atoms with Gasteiger partial charge in [-0.25, -0.2) is 9.36 Å². The molecule has 4 N–H and O–H groups in total. The maximum atomic E-state index is 12.6. The van der Waals surface area contributed by atoms with Gasteiger partial charge in [0.1, 0.15) is 18.4 Å². The van der Waals surface area contributed by atoms with Crippen LogP contribution in [0.3, 0.4) is 0 Å². The molecule has 2 unspecified atom stereocenters. The predicted octanol–water partition coefficient (Wildman–Crippen LogP) is 1.64. The molecule has 0 aliphatic carbocycles. The summed E-state index contributed by atoms with van der Waals surface area (Å²) >= 11 is 5.22. The monoisotopic (exact) mass is 762 g/mol. The number of H-pyrrole nitrogens is 1. The molecule has 12 nitrogen and oxygen atoms in total. The van der Waals surface area contributed by atoms with Gasteiger partial charge in [-0.1, -0.05) is 31.6 Å². The quantitative estimate of drug-likeness (QED) is 0.0720. The van der Waals surface area contributed by atoms with Crippen LogP contribution in [0.15, 0.2) is 21.9 Å². The van der Waals surface area contributed by atoms with E-state index < -0.39 is 43.4 Å². The van der Waals surface area contributed by atoms with Crippen molar-refractivity contribution in [1.29, 1.82) is 0 Å². The number of ether oxygens (including phenoxy) is 2. The number of thiocarbonyl (C=S) groups is 1. The van der Waals surface area contributed by atoms with E-state index in [4.69, 9.17) is 26.2 Å². The molecule has 14 heteroatoms. The van der Waals surface area contributed by atoms with E-state index in [1.807, 2.05) is 0 Å². The Kier molecular flexibility index (Phi) is 21.9. The number of unbranched alkanes of at least 4 members (excludes halogenated alkanes) is 4. The summed E-state index contributed by atoms with van der Waals surface area (Å²) in [5.74, 6) is 47.7. The zero-order valence-electron chi connectivity index (χ0n) is 29.7. The van der Waals surface area contributed by atoms with Crippen LogP contribution in [-0.4, -0.2) is 59.1 Å². The lowest BCUT2D eigenvalue weighted by atomic mass is 9.93. The first kappa shape index (κ1) is 44.2. The summed E-state index contributed by atoms with van der Waals surface area (Å²) in [7, 11) is -1.87. The molecule has 0 saturated carbocycles. The average Bonchev–Trinajstić information content (AvgIpc) is 3.46. The van der Waals surface area contributed by atoms with Crippen molar-refractivity contribution in [3.8, 4) is 119 Å². The Labute approximate surface area is 321 Å². The largest absolute Gasteiger partial charge is 0.472 e. The molecule has 0 spiro atoms. The number of aromatic nitrogens is 2. The zero-order chi connectivity index (χ0) is 39.3. The molecule has 2 rings (SSSR count). The Hall–Kier alpha value is -6.00. The maximum Gasteiger partial charge on any atom is 0.472 e. The van der Waals surface area contributed by atoms with Crippen LogP contribution in [0.4, 0.5) is 0 Å². The fraction of sp³-hybridized carbons (Fsp3) is 0.375. The summed E-state index contributed by atoms with van der Waals surface area (Å²) in [6, 6.07) is 3.84. The van der Waals surface area contributed by atoms with Crippen LogP contribution in [0.5, 0.6) is 0 Å². The fourth-order valence-electron chi connectivity index (χ4n) is 4.61.